The number of aliphatic hydroxyl groups excluding tert-OH is 3. The summed E-state index contributed by atoms with van der Waals surface area (Å²) in [6.45, 7) is 9.59. The second-order valence-electron chi connectivity index (χ2n) is 4.80. The van der Waals surface area contributed by atoms with Crippen molar-refractivity contribution in [3.8, 4) is 0 Å². The number of rotatable bonds is 6. The van der Waals surface area contributed by atoms with Crippen LogP contribution in [0.25, 0.3) is 0 Å². The van der Waals surface area contributed by atoms with E-state index >= 15 is 0 Å². The molecule has 0 atom stereocenters. The minimum atomic E-state index is -0.107. The van der Waals surface area contributed by atoms with Crippen LogP contribution >= 0.6 is 0 Å². The third-order valence-electron chi connectivity index (χ3n) is 2.20. The van der Waals surface area contributed by atoms with Gasteiger partial charge in [-0.3, -0.25) is 14.4 Å². The summed E-state index contributed by atoms with van der Waals surface area (Å²) < 4.78 is 0. The zero-order valence-corrected chi connectivity index (χ0v) is 16.9. The van der Waals surface area contributed by atoms with Gasteiger partial charge in [0.2, 0.25) is 0 Å². The van der Waals surface area contributed by atoms with Crippen LogP contribution in [0.2, 0.25) is 0 Å². The zero-order valence-electron chi connectivity index (χ0n) is 15.8. The van der Waals surface area contributed by atoms with E-state index in [-0.39, 0.29) is 51.7 Å². The molecule has 0 aliphatic rings. The molecule has 0 saturated heterocycles. The van der Waals surface area contributed by atoms with E-state index in [4.69, 9.17) is 15.3 Å². The van der Waals surface area contributed by atoms with Crippen LogP contribution in [0.4, 0.5) is 0 Å². The van der Waals surface area contributed by atoms with E-state index in [2.05, 4.69) is 0 Å². The maximum Gasteiger partial charge on any atom is 0.155 e. The summed E-state index contributed by atoms with van der Waals surface area (Å²) in [5.41, 5.74) is 0. The first-order chi connectivity index (χ1) is 11.0. The van der Waals surface area contributed by atoms with Crippen molar-refractivity contribution in [2.45, 2.75) is 60.8 Å². The molecule has 6 nitrogen and oxygen atoms in total. The number of ketones is 3. The van der Waals surface area contributed by atoms with Crippen molar-refractivity contribution >= 4 is 17.3 Å². The molecule has 0 aromatic carbocycles. The van der Waals surface area contributed by atoms with Gasteiger partial charge in [-0.05, 0) is 20.8 Å². The van der Waals surface area contributed by atoms with Crippen LogP contribution in [0.3, 0.4) is 0 Å². The summed E-state index contributed by atoms with van der Waals surface area (Å²) in [5, 5.41) is 26.0. The van der Waals surface area contributed by atoms with Gasteiger partial charge in [0.15, 0.2) is 17.3 Å². The Kier molecular flexibility index (Phi) is 25.0. The Morgan fingerprint density at radius 2 is 0.760 bits per heavy atom. The molecule has 0 aliphatic heterocycles. The maximum atomic E-state index is 10.2. The molecule has 0 fully saturated rings. The number of allylic oxidation sites excluding steroid dienone is 6. The van der Waals surface area contributed by atoms with Crippen LogP contribution in [0.1, 0.15) is 60.8 Å². The van der Waals surface area contributed by atoms with E-state index in [1.807, 2.05) is 0 Å². The molecule has 25 heavy (non-hydrogen) atoms. The molecule has 0 spiro atoms. The second-order valence-corrected chi connectivity index (χ2v) is 4.80. The molecule has 146 valence electrons. The SMILES string of the molecule is CC/C(O)=C/C(C)=O.CC/C(O)=C/C(C)=O.CC/C(O)=C/C(C)=O.[Fe]. The molecule has 0 aromatic heterocycles. The molecule has 0 radical (unpaired) electrons. The van der Waals surface area contributed by atoms with Gasteiger partial charge in [0, 0.05) is 54.6 Å². The summed E-state index contributed by atoms with van der Waals surface area (Å²) >= 11 is 0. The standard InChI is InChI=1S/3C6H10O2.Fe/c3*1-3-6(8)4-5(2)7;/h3*4,8H,3H2,1-2H3;/b3*6-4-;. The van der Waals surface area contributed by atoms with Crippen LogP contribution < -0.4 is 0 Å². The van der Waals surface area contributed by atoms with Crippen LogP contribution in [0.15, 0.2) is 35.5 Å². The first-order valence-corrected chi connectivity index (χ1v) is 7.70. The summed E-state index contributed by atoms with van der Waals surface area (Å²) in [6.07, 6.45) is 5.25. The van der Waals surface area contributed by atoms with Gasteiger partial charge < -0.3 is 15.3 Å². The normalized spacial score (nSPS) is 11.0. The van der Waals surface area contributed by atoms with Crippen molar-refractivity contribution in [1.82, 2.24) is 0 Å². The molecule has 0 aromatic rings. The zero-order chi connectivity index (χ0) is 19.7. The van der Waals surface area contributed by atoms with Gasteiger partial charge >= 0.3 is 0 Å². The molecule has 0 amide bonds. The van der Waals surface area contributed by atoms with Gasteiger partial charge in [0.25, 0.3) is 0 Å². The summed E-state index contributed by atoms with van der Waals surface area (Å²) in [7, 11) is 0. The minimum absolute atomic E-state index is 0. The monoisotopic (exact) mass is 398 g/mol. The smallest absolute Gasteiger partial charge is 0.155 e. The minimum Gasteiger partial charge on any atom is -0.512 e. The quantitative estimate of drug-likeness (QED) is 0.350. The van der Waals surface area contributed by atoms with Gasteiger partial charge in [-0.1, -0.05) is 20.8 Å². The Balaban J connectivity index is -0.000000130. The molecule has 0 unspecified atom stereocenters. The summed E-state index contributed by atoms with van der Waals surface area (Å²) in [4.78, 5) is 30.5. The molecule has 7 heteroatoms. The molecular weight excluding hydrogens is 368 g/mol. The van der Waals surface area contributed by atoms with Crippen molar-refractivity contribution < 1.29 is 46.8 Å². The Morgan fingerprint density at radius 3 is 0.800 bits per heavy atom. The van der Waals surface area contributed by atoms with Gasteiger partial charge in [0.1, 0.15) is 0 Å². The Morgan fingerprint density at radius 1 is 0.600 bits per heavy atom. The van der Waals surface area contributed by atoms with E-state index in [1.165, 1.54) is 39.0 Å². The third kappa shape index (κ3) is 34.5. The Hall–Kier alpha value is -1.85. The molecule has 0 heterocycles. The van der Waals surface area contributed by atoms with Crippen molar-refractivity contribution in [2.24, 2.45) is 0 Å². The van der Waals surface area contributed by atoms with E-state index in [0.717, 1.165) is 0 Å². The van der Waals surface area contributed by atoms with Crippen LogP contribution in [-0.2, 0) is 31.5 Å². The maximum absolute atomic E-state index is 10.2. The van der Waals surface area contributed by atoms with Crippen LogP contribution in [0.5, 0.6) is 0 Å². The first kappa shape index (κ1) is 31.0. The third-order valence-corrected chi connectivity index (χ3v) is 2.20. The van der Waals surface area contributed by atoms with Crippen molar-refractivity contribution in [3.63, 3.8) is 0 Å². The predicted octanol–water partition coefficient (Wildman–Crippen LogP) is 4.28. The summed E-state index contributed by atoms with van der Waals surface area (Å²) in [5.74, 6) is 0.130. The molecule has 0 saturated carbocycles. The fourth-order valence-electron chi connectivity index (χ4n) is 1.01. The van der Waals surface area contributed by atoms with Crippen LogP contribution in [0, 0.1) is 0 Å². The van der Waals surface area contributed by atoms with Gasteiger partial charge in [-0.15, -0.1) is 0 Å². The van der Waals surface area contributed by atoms with Crippen LogP contribution in [-0.4, -0.2) is 32.7 Å². The Labute approximate surface area is 160 Å². The molecule has 0 rings (SSSR count). The van der Waals surface area contributed by atoms with Crippen molar-refractivity contribution in [2.75, 3.05) is 0 Å². The molecule has 0 bridgehead atoms. The van der Waals surface area contributed by atoms with Crippen molar-refractivity contribution in [1.29, 1.82) is 0 Å². The number of hydrogen-bond donors (Lipinski definition) is 3. The number of hydrogen-bond acceptors (Lipinski definition) is 6. The number of carbonyl (C=O) groups excluding carboxylic acids is 3. The summed E-state index contributed by atoms with van der Waals surface area (Å²) in [6, 6.07) is 0. The fourth-order valence-corrected chi connectivity index (χ4v) is 1.01. The fraction of sp³-hybridized carbons (Fsp3) is 0.500. The molecule has 0 aliphatic carbocycles. The Bertz CT molecular complexity index is 418. The molecular formula is C18H30FeO6. The largest absolute Gasteiger partial charge is 0.512 e. The van der Waals surface area contributed by atoms with Gasteiger partial charge in [-0.2, -0.15) is 0 Å². The number of aliphatic hydroxyl groups is 3. The second kappa shape index (κ2) is 20.2. The molecule has 3 N–H and O–H groups in total. The average Bonchev–Trinajstić information content (AvgIpc) is 2.46. The topological polar surface area (TPSA) is 112 Å². The van der Waals surface area contributed by atoms with Gasteiger partial charge in [0.05, 0.1) is 17.3 Å². The van der Waals surface area contributed by atoms with E-state index in [0.29, 0.717) is 19.3 Å². The average molecular weight is 398 g/mol. The van der Waals surface area contributed by atoms with E-state index < -0.39 is 0 Å². The van der Waals surface area contributed by atoms with E-state index in [9.17, 15) is 14.4 Å². The number of carbonyl (C=O) groups is 3. The predicted molar refractivity (Wildman–Crippen MR) is 95.1 cm³/mol. The van der Waals surface area contributed by atoms with E-state index in [1.54, 1.807) is 20.8 Å². The van der Waals surface area contributed by atoms with Gasteiger partial charge in [-0.25, -0.2) is 0 Å². The van der Waals surface area contributed by atoms with Crippen molar-refractivity contribution in [3.05, 3.63) is 35.5 Å². The first-order valence-electron chi connectivity index (χ1n) is 7.70.